The minimum Gasteiger partial charge on any atom is -0.379 e. The molecule has 0 saturated carbocycles. The summed E-state index contributed by atoms with van der Waals surface area (Å²) >= 11 is 0. The van der Waals surface area contributed by atoms with Crippen molar-refractivity contribution in [2.75, 3.05) is 26.3 Å². The predicted octanol–water partition coefficient (Wildman–Crippen LogP) is 0.429. The summed E-state index contributed by atoms with van der Waals surface area (Å²) in [7, 11) is -3.65. The molecule has 1 aliphatic rings. The van der Waals surface area contributed by atoms with E-state index in [1.54, 1.807) is 30.3 Å². The molecule has 26 heavy (non-hydrogen) atoms. The number of morpholine rings is 1. The Labute approximate surface area is 152 Å². The lowest BCUT2D eigenvalue weighted by atomic mass is 9.86. The molecule has 0 aromatic heterocycles. The molecular weight excluding hydrogens is 356 g/mol. The molecule has 1 fully saturated rings. The molecule has 1 atom stereocenters. The van der Waals surface area contributed by atoms with Gasteiger partial charge >= 0.3 is 0 Å². The van der Waals surface area contributed by atoms with Gasteiger partial charge in [0.25, 0.3) is 5.91 Å². The lowest BCUT2D eigenvalue weighted by Gasteiger charge is -2.27. The molecule has 138 valence electrons. The van der Waals surface area contributed by atoms with Gasteiger partial charge in [-0.3, -0.25) is 4.79 Å². The van der Waals surface area contributed by atoms with Gasteiger partial charge in [-0.15, -0.1) is 0 Å². The zero-order valence-corrected chi connectivity index (χ0v) is 14.9. The van der Waals surface area contributed by atoms with Crippen molar-refractivity contribution >= 4 is 15.9 Å². The van der Waals surface area contributed by atoms with Crippen LogP contribution in [0, 0.1) is 0 Å². The van der Waals surface area contributed by atoms with E-state index in [9.17, 15) is 18.3 Å². The first-order valence-corrected chi connectivity index (χ1v) is 9.57. The van der Waals surface area contributed by atoms with Gasteiger partial charge in [0.15, 0.2) is 5.60 Å². The molecule has 0 aliphatic carbocycles. The number of aliphatic hydroxyl groups is 1. The number of carbonyl (C=O) groups is 1. The Hall–Kier alpha value is -2.26. The van der Waals surface area contributed by atoms with E-state index in [-0.39, 0.29) is 10.5 Å². The van der Waals surface area contributed by atoms with E-state index in [0.717, 1.165) is 0 Å². The number of carbonyl (C=O) groups excluding carboxylic acids is 1. The van der Waals surface area contributed by atoms with Crippen LogP contribution >= 0.6 is 0 Å². The Morgan fingerprint density at radius 1 is 1.00 bits per heavy atom. The molecule has 1 amide bonds. The van der Waals surface area contributed by atoms with Crippen molar-refractivity contribution in [1.82, 2.24) is 4.31 Å². The fraction of sp³-hybridized carbons (Fsp3) is 0.278. The van der Waals surface area contributed by atoms with Crippen LogP contribution in [0.25, 0.3) is 0 Å². The summed E-state index contributed by atoms with van der Waals surface area (Å²) in [5.74, 6) is -0.938. The Kier molecular flexibility index (Phi) is 5.10. The van der Waals surface area contributed by atoms with Gasteiger partial charge in [0.2, 0.25) is 10.0 Å². The molecular formula is C18H20N2O5S. The lowest BCUT2D eigenvalue weighted by molar-refractivity contribution is -0.133. The highest BCUT2D eigenvalue weighted by atomic mass is 32.2. The molecule has 3 N–H and O–H groups in total. The third kappa shape index (κ3) is 3.24. The van der Waals surface area contributed by atoms with Crippen LogP contribution in [-0.4, -0.2) is 50.0 Å². The van der Waals surface area contributed by atoms with E-state index < -0.39 is 21.5 Å². The summed E-state index contributed by atoms with van der Waals surface area (Å²) < 4.78 is 31.9. The smallest absolute Gasteiger partial charge is 0.258 e. The summed E-state index contributed by atoms with van der Waals surface area (Å²) in [6, 6.07) is 13.8. The second kappa shape index (κ2) is 7.16. The molecule has 2 aromatic carbocycles. The van der Waals surface area contributed by atoms with Gasteiger partial charge in [0.05, 0.1) is 18.1 Å². The van der Waals surface area contributed by atoms with Gasteiger partial charge in [0, 0.05) is 13.1 Å². The fourth-order valence-corrected chi connectivity index (χ4v) is 4.34. The van der Waals surface area contributed by atoms with Crippen molar-refractivity contribution in [2.24, 2.45) is 5.73 Å². The van der Waals surface area contributed by atoms with Crippen LogP contribution < -0.4 is 5.73 Å². The van der Waals surface area contributed by atoms with Crippen LogP contribution in [-0.2, 0) is 25.2 Å². The summed E-state index contributed by atoms with van der Waals surface area (Å²) in [6.07, 6.45) is 0. The molecule has 0 spiro atoms. The second-order valence-corrected chi connectivity index (χ2v) is 7.92. The molecule has 0 radical (unpaired) electrons. The third-order valence-corrected chi connectivity index (χ3v) is 6.34. The highest BCUT2D eigenvalue weighted by molar-refractivity contribution is 7.89. The Balaban J connectivity index is 1.97. The molecule has 8 heteroatoms. The number of sulfonamides is 1. The number of ether oxygens (including phenoxy) is 1. The van der Waals surface area contributed by atoms with E-state index >= 15 is 0 Å². The maximum Gasteiger partial charge on any atom is 0.258 e. The Morgan fingerprint density at radius 2 is 1.54 bits per heavy atom. The number of rotatable bonds is 5. The molecule has 1 aliphatic heterocycles. The molecule has 2 aromatic rings. The van der Waals surface area contributed by atoms with Crippen LogP contribution in [0.15, 0.2) is 59.5 Å². The molecule has 0 bridgehead atoms. The first-order valence-electron chi connectivity index (χ1n) is 8.13. The van der Waals surface area contributed by atoms with E-state index in [1.807, 2.05) is 0 Å². The van der Waals surface area contributed by atoms with Crippen molar-refractivity contribution in [3.8, 4) is 0 Å². The Bertz CT molecular complexity index is 878. The van der Waals surface area contributed by atoms with Gasteiger partial charge in [-0.1, -0.05) is 42.5 Å². The maximum atomic E-state index is 12.7. The monoisotopic (exact) mass is 376 g/mol. The fourth-order valence-electron chi connectivity index (χ4n) is 2.93. The van der Waals surface area contributed by atoms with Crippen LogP contribution in [0.4, 0.5) is 0 Å². The van der Waals surface area contributed by atoms with E-state index in [0.29, 0.717) is 31.9 Å². The van der Waals surface area contributed by atoms with Crippen molar-refractivity contribution in [3.63, 3.8) is 0 Å². The number of hydrogen-bond acceptors (Lipinski definition) is 5. The van der Waals surface area contributed by atoms with E-state index in [1.165, 1.54) is 28.6 Å². The number of hydrogen-bond donors (Lipinski definition) is 2. The standard InChI is InChI=1S/C18H20N2O5S/c19-17(21)18(22,14-4-2-1-3-5-14)15-6-8-16(9-7-15)26(23,24)20-10-12-25-13-11-20/h1-9,22H,10-13H2,(H2,19,21). The number of benzene rings is 2. The molecule has 1 unspecified atom stereocenters. The van der Waals surface area contributed by atoms with Gasteiger partial charge in [-0.25, -0.2) is 8.42 Å². The van der Waals surface area contributed by atoms with Crippen LogP contribution in [0.2, 0.25) is 0 Å². The minimum absolute atomic E-state index is 0.0861. The number of primary amides is 1. The van der Waals surface area contributed by atoms with E-state index in [4.69, 9.17) is 10.5 Å². The van der Waals surface area contributed by atoms with Crippen molar-refractivity contribution in [1.29, 1.82) is 0 Å². The average Bonchev–Trinajstić information content (AvgIpc) is 2.68. The number of amides is 1. The number of nitrogens with zero attached hydrogens (tertiary/aromatic N) is 1. The largest absolute Gasteiger partial charge is 0.379 e. The van der Waals surface area contributed by atoms with Gasteiger partial charge in [0.1, 0.15) is 0 Å². The molecule has 7 nitrogen and oxygen atoms in total. The van der Waals surface area contributed by atoms with Gasteiger partial charge < -0.3 is 15.6 Å². The maximum absolute atomic E-state index is 12.7. The van der Waals surface area contributed by atoms with Crippen LogP contribution in [0.5, 0.6) is 0 Å². The zero-order valence-electron chi connectivity index (χ0n) is 14.0. The molecule has 1 saturated heterocycles. The third-order valence-electron chi connectivity index (χ3n) is 4.43. The van der Waals surface area contributed by atoms with Gasteiger partial charge in [-0.05, 0) is 23.3 Å². The lowest BCUT2D eigenvalue weighted by Crippen LogP contribution is -2.42. The van der Waals surface area contributed by atoms with E-state index in [2.05, 4.69) is 0 Å². The normalized spacial score (nSPS) is 18.2. The van der Waals surface area contributed by atoms with Crippen molar-refractivity contribution in [3.05, 3.63) is 65.7 Å². The molecule has 1 heterocycles. The van der Waals surface area contributed by atoms with Crippen molar-refractivity contribution < 1.29 is 23.1 Å². The minimum atomic E-state index is -3.65. The SMILES string of the molecule is NC(=O)C(O)(c1ccccc1)c1ccc(S(=O)(=O)N2CCOCC2)cc1. The topological polar surface area (TPSA) is 110 Å². The second-order valence-electron chi connectivity index (χ2n) is 5.98. The first kappa shape index (κ1) is 18.5. The van der Waals surface area contributed by atoms with Crippen LogP contribution in [0.1, 0.15) is 11.1 Å². The average molecular weight is 376 g/mol. The quantitative estimate of drug-likeness (QED) is 0.786. The summed E-state index contributed by atoms with van der Waals surface area (Å²) in [5.41, 5.74) is 3.93. The number of nitrogens with two attached hydrogens (primary N) is 1. The summed E-state index contributed by atoms with van der Waals surface area (Å²) in [4.78, 5) is 12.1. The molecule has 3 rings (SSSR count). The summed E-state index contributed by atoms with van der Waals surface area (Å²) in [6.45, 7) is 1.29. The zero-order chi connectivity index (χ0) is 18.8. The van der Waals surface area contributed by atoms with Gasteiger partial charge in [-0.2, -0.15) is 4.31 Å². The highest BCUT2D eigenvalue weighted by Gasteiger charge is 2.38. The van der Waals surface area contributed by atoms with Crippen LogP contribution in [0.3, 0.4) is 0 Å². The highest BCUT2D eigenvalue weighted by Crippen LogP contribution is 2.30. The van der Waals surface area contributed by atoms with Crippen molar-refractivity contribution in [2.45, 2.75) is 10.5 Å². The summed E-state index contributed by atoms with van der Waals surface area (Å²) in [5, 5.41) is 10.9. The first-order chi connectivity index (χ1) is 12.4. The predicted molar refractivity (Wildman–Crippen MR) is 94.7 cm³/mol. The Morgan fingerprint density at radius 3 is 2.08 bits per heavy atom.